The third-order valence-corrected chi connectivity index (χ3v) is 4.12. The van der Waals surface area contributed by atoms with E-state index in [-0.39, 0.29) is 17.6 Å². The number of ether oxygens (including phenoxy) is 1. The lowest BCUT2D eigenvalue weighted by Crippen LogP contribution is -2.45. The minimum atomic E-state index is -2.88. The van der Waals surface area contributed by atoms with Crippen molar-refractivity contribution in [2.75, 3.05) is 11.5 Å². The Labute approximate surface area is 93.7 Å². The predicted molar refractivity (Wildman–Crippen MR) is 59.3 cm³/mol. The molecular formula is C9H11BO5S. The summed E-state index contributed by atoms with van der Waals surface area (Å²) < 4.78 is 27.1. The van der Waals surface area contributed by atoms with Gasteiger partial charge in [-0.1, -0.05) is 12.1 Å². The van der Waals surface area contributed by atoms with Crippen molar-refractivity contribution in [1.29, 1.82) is 0 Å². The number of hydrogen-bond donors (Lipinski definition) is 2. The highest BCUT2D eigenvalue weighted by Crippen LogP contribution is 2.18. The van der Waals surface area contributed by atoms with Crippen LogP contribution in [0.3, 0.4) is 0 Å². The zero-order valence-corrected chi connectivity index (χ0v) is 9.22. The van der Waals surface area contributed by atoms with Gasteiger partial charge in [0.25, 0.3) is 0 Å². The molecule has 2 N–H and O–H groups in total. The predicted octanol–water partition coefficient (Wildman–Crippen LogP) is -1.46. The monoisotopic (exact) mass is 242 g/mol. The maximum Gasteiger partial charge on any atom is 0.488 e. The van der Waals surface area contributed by atoms with Crippen molar-refractivity contribution in [3.05, 3.63) is 24.3 Å². The largest absolute Gasteiger partial charge is 0.488 e. The van der Waals surface area contributed by atoms with Gasteiger partial charge < -0.3 is 14.8 Å². The van der Waals surface area contributed by atoms with Gasteiger partial charge in [-0.3, -0.25) is 0 Å². The van der Waals surface area contributed by atoms with Crippen LogP contribution in [-0.2, 0) is 9.84 Å². The van der Waals surface area contributed by atoms with Crippen LogP contribution < -0.4 is 10.2 Å². The van der Waals surface area contributed by atoms with Gasteiger partial charge in [0, 0.05) is 0 Å². The van der Waals surface area contributed by atoms with Gasteiger partial charge >= 0.3 is 7.12 Å². The maximum absolute atomic E-state index is 10.9. The van der Waals surface area contributed by atoms with Crippen LogP contribution in [0, 0.1) is 0 Å². The fraction of sp³-hybridized carbons (Fsp3) is 0.333. The van der Waals surface area contributed by atoms with Crippen LogP contribution in [0.1, 0.15) is 0 Å². The fourth-order valence-corrected chi connectivity index (χ4v) is 2.67. The summed E-state index contributed by atoms with van der Waals surface area (Å²) in [7, 11) is -4.38. The SMILES string of the molecule is O=S1(=O)CC(Oc2ccc(B(O)O)cc2)C1. The smallest absolute Gasteiger partial charge is 0.488 e. The van der Waals surface area contributed by atoms with E-state index >= 15 is 0 Å². The highest BCUT2D eigenvalue weighted by molar-refractivity contribution is 7.92. The second kappa shape index (κ2) is 4.08. The first-order valence-corrected chi connectivity index (χ1v) is 6.61. The van der Waals surface area contributed by atoms with Gasteiger partial charge in [0.1, 0.15) is 11.9 Å². The lowest BCUT2D eigenvalue weighted by molar-refractivity contribution is 0.230. The molecular weight excluding hydrogens is 231 g/mol. The standard InChI is InChI=1S/C9H11BO5S/c11-10(12)7-1-3-8(4-2-7)15-9-5-16(13,14)6-9/h1-4,9,11-12H,5-6H2. The minimum absolute atomic E-state index is 0.0530. The Hall–Kier alpha value is -1.05. The summed E-state index contributed by atoms with van der Waals surface area (Å²) in [6.45, 7) is 0. The number of hydrogen-bond acceptors (Lipinski definition) is 5. The molecule has 7 heteroatoms. The molecule has 0 saturated carbocycles. The van der Waals surface area contributed by atoms with Crippen molar-refractivity contribution in [1.82, 2.24) is 0 Å². The molecule has 1 fully saturated rings. The van der Waals surface area contributed by atoms with E-state index in [9.17, 15) is 8.42 Å². The Morgan fingerprint density at radius 1 is 1.19 bits per heavy atom. The van der Waals surface area contributed by atoms with Crippen LogP contribution in [0.25, 0.3) is 0 Å². The van der Waals surface area contributed by atoms with Crippen LogP contribution in [0.4, 0.5) is 0 Å². The molecule has 1 aromatic carbocycles. The van der Waals surface area contributed by atoms with Crippen LogP contribution in [-0.4, -0.2) is 43.2 Å². The molecule has 1 aromatic rings. The molecule has 1 aliphatic rings. The average molecular weight is 242 g/mol. The number of benzene rings is 1. The van der Waals surface area contributed by atoms with Gasteiger partial charge in [0.15, 0.2) is 9.84 Å². The Morgan fingerprint density at radius 3 is 2.19 bits per heavy atom. The summed E-state index contributed by atoms with van der Waals surface area (Å²) in [6, 6.07) is 6.21. The van der Waals surface area contributed by atoms with E-state index in [1.54, 1.807) is 12.1 Å². The molecule has 1 saturated heterocycles. The zero-order valence-electron chi connectivity index (χ0n) is 8.41. The average Bonchev–Trinajstić information content (AvgIpc) is 2.15. The van der Waals surface area contributed by atoms with Gasteiger partial charge in [-0.2, -0.15) is 0 Å². The quantitative estimate of drug-likeness (QED) is 0.633. The molecule has 1 aliphatic heterocycles. The summed E-state index contributed by atoms with van der Waals surface area (Å²) >= 11 is 0. The first kappa shape index (κ1) is 11.4. The van der Waals surface area contributed by atoms with Crippen molar-refractivity contribution < 1.29 is 23.2 Å². The molecule has 0 radical (unpaired) electrons. The molecule has 0 aliphatic carbocycles. The zero-order chi connectivity index (χ0) is 11.8. The van der Waals surface area contributed by atoms with Crippen molar-refractivity contribution in [2.24, 2.45) is 0 Å². The maximum atomic E-state index is 10.9. The minimum Gasteiger partial charge on any atom is -0.488 e. The van der Waals surface area contributed by atoms with E-state index < -0.39 is 17.0 Å². The molecule has 0 aromatic heterocycles. The van der Waals surface area contributed by atoms with Crippen molar-refractivity contribution >= 4 is 22.4 Å². The van der Waals surface area contributed by atoms with Gasteiger partial charge in [0.05, 0.1) is 11.5 Å². The normalized spacial score (nSPS) is 18.9. The molecule has 0 unspecified atom stereocenters. The third kappa shape index (κ3) is 2.55. The Balaban J connectivity index is 1.96. The van der Waals surface area contributed by atoms with Gasteiger partial charge in [-0.25, -0.2) is 8.42 Å². The molecule has 86 valence electrons. The lowest BCUT2D eigenvalue weighted by atomic mass is 9.80. The second-order valence-electron chi connectivity index (χ2n) is 3.76. The topological polar surface area (TPSA) is 83.8 Å². The molecule has 0 atom stereocenters. The summed E-state index contributed by atoms with van der Waals surface area (Å²) in [5, 5.41) is 17.7. The van der Waals surface area contributed by atoms with E-state index in [4.69, 9.17) is 14.8 Å². The summed E-state index contributed by atoms with van der Waals surface area (Å²) in [6.07, 6.45) is -0.283. The summed E-state index contributed by atoms with van der Waals surface area (Å²) in [5.41, 5.74) is 0.369. The van der Waals surface area contributed by atoms with E-state index in [1.165, 1.54) is 12.1 Å². The number of sulfone groups is 1. The van der Waals surface area contributed by atoms with E-state index in [1.807, 2.05) is 0 Å². The summed E-state index contributed by atoms with van der Waals surface area (Å²) in [5.74, 6) is 0.638. The van der Waals surface area contributed by atoms with Crippen LogP contribution >= 0.6 is 0 Å². The Morgan fingerprint density at radius 2 is 1.75 bits per heavy atom. The second-order valence-corrected chi connectivity index (χ2v) is 5.91. The van der Waals surface area contributed by atoms with Crippen molar-refractivity contribution in [2.45, 2.75) is 6.10 Å². The highest BCUT2D eigenvalue weighted by atomic mass is 32.2. The fourth-order valence-electron chi connectivity index (χ4n) is 1.50. The molecule has 16 heavy (non-hydrogen) atoms. The molecule has 0 spiro atoms. The van der Waals surface area contributed by atoms with Crippen LogP contribution in [0.15, 0.2) is 24.3 Å². The van der Waals surface area contributed by atoms with Crippen molar-refractivity contribution in [3.8, 4) is 5.75 Å². The lowest BCUT2D eigenvalue weighted by Gasteiger charge is -2.26. The molecule has 2 rings (SSSR count). The first-order valence-electron chi connectivity index (χ1n) is 4.79. The molecule has 1 heterocycles. The number of rotatable bonds is 3. The molecule has 5 nitrogen and oxygen atoms in total. The summed E-state index contributed by atoms with van der Waals surface area (Å²) in [4.78, 5) is 0. The molecule has 0 bridgehead atoms. The Bertz CT molecular complexity index is 455. The van der Waals surface area contributed by atoms with Gasteiger partial charge in [-0.15, -0.1) is 0 Å². The van der Waals surface area contributed by atoms with E-state index in [0.717, 1.165) is 0 Å². The van der Waals surface area contributed by atoms with Crippen LogP contribution in [0.5, 0.6) is 5.75 Å². The van der Waals surface area contributed by atoms with Crippen LogP contribution in [0.2, 0.25) is 0 Å². The highest BCUT2D eigenvalue weighted by Gasteiger charge is 2.35. The third-order valence-electron chi connectivity index (χ3n) is 2.36. The van der Waals surface area contributed by atoms with E-state index in [2.05, 4.69) is 0 Å². The first-order chi connectivity index (χ1) is 7.46. The van der Waals surface area contributed by atoms with Gasteiger partial charge in [-0.05, 0) is 17.6 Å². The van der Waals surface area contributed by atoms with Crippen molar-refractivity contribution in [3.63, 3.8) is 0 Å². The van der Waals surface area contributed by atoms with E-state index in [0.29, 0.717) is 11.2 Å². The molecule has 0 amide bonds. The van der Waals surface area contributed by atoms with Gasteiger partial charge in [0.2, 0.25) is 0 Å². The Kier molecular flexibility index (Phi) is 2.92.